The SMILES string of the molecule is O=C(COc1ccccc1)NCc1ccc(Oc2ccc(F)cc2)cc1. The Morgan fingerprint density at radius 1 is 0.808 bits per heavy atom. The summed E-state index contributed by atoms with van der Waals surface area (Å²) in [6.07, 6.45) is 0. The molecule has 0 spiro atoms. The van der Waals surface area contributed by atoms with Crippen LogP contribution in [0.1, 0.15) is 5.56 Å². The molecule has 26 heavy (non-hydrogen) atoms. The highest BCUT2D eigenvalue weighted by molar-refractivity contribution is 5.77. The fourth-order valence-electron chi connectivity index (χ4n) is 2.23. The van der Waals surface area contributed by atoms with E-state index in [-0.39, 0.29) is 18.3 Å². The van der Waals surface area contributed by atoms with E-state index in [2.05, 4.69) is 5.32 Å². The van der Waals surface area contributed by atoms with E-state index >= 15 is 0 Å². The van der Waals surface area contributed by atoms with Gasteiger partial charge < -0.3 is 14.8 Å². The normalized spacial score (nSPS) is 10.2. The van der Waals surface area contributed by atoms with E-state index < -0.39 is 0 Å². The Kier molecular flexibility index (Phi) is 5.83. The van der Waals surface area contributed by atoms with Gasteiger partial charge >= 0.3 is 0 Å². The summed E-state index contributed by atoms with van der Waals surface area (Å²) in [5, 5.41) is 2.80. The van der Waals surface area contributed by atoms with Crippen LogP contribution in [0, 0.1) is 5.82 Å². The van der Waals surface area contributed by atoms with Crippen LogP contribution in [0.15, 0.2) is 78.9 Å². The number of para-hydroxylation sites is 1. The highest BCUT2D eigenvalue weighted by Crippen LogP contribution is 2.21. The molecule has 0 saturated carbocycles. The Labute approximate surface area is 151 Å². The minimum atomic E-state index is -0.306. The zero-order valence-electron chi connectivity index (χ0n) is 14.0. The fourth-order valence-corrected chi connectivity index (χ4v) is 2.23. The van der Waals surface area contributed by atoms with Crippen molar-refractivity contribution in [1.82, 2.24) is 5.32 Å². The van der Waals surface area contributed by atoms with E-state index in [0.717, 1.165) is 5.56 Å². The Bertz CT molecular complexity index is 833. The van der Waals surface area contributed by atoms with Gasteiger partial charge in [0, 0.05) is 6.54 Å². The molecule has 0 aliphatic carbocycles. The highest BCUT2D eigenvalue weighted by Gasteiger charge is 2.03. The molecule has 1 amide bonds. The van der Waals surface area contributed by atoms with Gasteiger partial charge in [-0.1, -0.05) is 30.3 Å². The van der Waals surface area contributed by atoms with Crippen molar-refractivity contribution < 1.29 is 18.7 Å². The lowest BCUT2D eigenvalue weighted by molar-refractivity contribution is -0.123. The quantitative estimate of drug-likeness (QED) is 0.690. The number of amides is 1. The second-order valence-electron chi connectivity index (χ2n) is 5.58. The molecule has 0 atom stereocenters. The molecule has 3 rings (SSSR count). The van der Waals surface area contributed by atoms with Crippen molar-refractivity contribution in [3.05, 3.63) is 90.2 Å². The molecule has 0 aliphatic heterocycles. The summed E-state index contributed by atoms with van der Waals surface area (Å²) in [5.41, 5.74) is 0.935. The number of ether oxygens (including phenoxy) is 2. The number of carbonyl (C=O) groups excluding carboxylic acids is 1. The topological polar surface area (TPSA) is 47.6 Å². The second kappa shape index (κ2) is 8.67. The molecule has 132 valence electrons. The maximum atomic E-state index is 12.9. The maximum absolute atomic E-state index is 12.9. The Morgan fingerprint density at radius 2 is 1.42 bits per heavy atom. The molecule has 0 saturated heterocycles. The fraction of sp³-hybridized carbons (Fsp3) is 0.0952. The maximum Gasteiger partial charge on any atom is 0.258 e. The van der Waals surface area contributed by atoms with Crippen LogP contribution in [0.5, 0.6) is 17.2 Å². The molecular formula is C21H18FNO3. The standard InChI is InChI=1S/C21H18FNO3/c22-17-8-12-20(13-9-17)26-19-10-6-16(7-11-19)14-23-21(24)15-25-18-4-2-1-3-5-18/h1-13H,14-15H2,(H,23,24). The summed E-state index contributed by atoms with van der Waals surface area (Å²) < 4.78 is 23.9. The third kappa shape index (κ3) is 5.34. The molecule has 1 N–H and O–H groups in total. The van der Waals surface area contributed by atoms with Crippen LogP contribution in [-0.2, 0) is 11.3 Å². The summed E-state index contributed by atoms with van der Waals surface area (Å²) in [5.74, 6) is 1.36. The largest absolute Gasteiger partial charge is 0.484 e. The first-order valence-corrected chi connectivity index (χ1v) is 8.16. The average Bonchev–Trinajstić information content (AvgIpc) is 2.68. The van der Waals surface area contributed by atoms with Crippen LogP contribution < -0.4 is 14.8 Å². The van der Waals surface area contributed by atoms with E-state index in [9.17, 15) is 9.18 Å². The summed E-state index contributed by atoms with van der Waals surface area (Å²) in [4.78, 5) is 11.8. The third-order valence-corrected chi connectivity index (χ3v) is 3.58. The minimum absolute atomic E-state index is 0.0320. The number of rotatable bonds is 7. The molecule has 0 radical (unpaired) electrons. The van der Waals surface area contributed by atoms with Crippen molar-refractivity contribution in [3.63, 3.8) is 0 Å². The van der Waals surface area contributed by atoms with Crippen LogP contribution in [0.3, 0.4) is 0 Å². The molecule has 3 aromatic rings. The number of nitrogens with one attached hydrogen (secondary N) is 1. The molecule has 0 unspecified atom stereocenters. The van der Waals surface area contributed by atoms with Gasteiger partial charge in [0.05, 0.1) is 0 Å². The second-order valence-corrected chi connectivity index (χ2v) is 5.58. The first-order chi connectivity index (χ1) is 12.7. The molecule has 0 aromatic heterocycles. The van der Waals surface area contributed by atoms with E-state index in [0.29, 0.717) is 23.8 Å². The summed E-state index contributed by atoms with van der Waals surface area (Å²) in [7, 11) is 0. The van der Waals surface area contributed by atoms with Gasteiger partial charge in [-0.3, -0.25) is 4.79 Å². The predicted molar refractivity (Wildman–Crippen MR) is 96.7 cm³/mol. The lowest BCUT2D eigenvalue weighted by Gasteiger charge is -2.09. The zero-order valence-corrected chi connectivity index (χ0v) is 14.0. The van der Waals surface area contributed by atoms with Crippen LogP contribution in [0.4, 0.5) is 4.39 Å². The van der Waals surface area contributed by atoms with Crippen molar-refractivity contribution in [3.8, 4) is 17.2 Å². The van der Waals surface area contributed by atoms with Crippen LogP contribution in [-0.4, -0.2) is 12.5 Å². The lowest BCUT2D eigenvalue weighted by Crippen LogP contribution is -2.28. The molecule has 0 fully saturated rings. The van der Waals surface area contributed by atoms with Crippen molar-refractivity contribution in [2.75, 3.05) is 6.61 Å². The minimum Gasteiger partial charge on any atom is -0.484 e. The summed E-state index contributed by atoms with van der Waals surface area (Å²) in [6.45, 7) is 0.365. The van der Waals surface area contributed by atoms with Gasteiger partial charge in [0.15, 0.2) is 6.61 Å². The van der Waals surface area contributed by atoms with Crippen molar-refractivity contribution in [2.24, 2.45) is 0 Å². The van der Waals surface area contributed by atoms with Gasteiger partial charge in [0.2, 0.25) is 0 Å². The molecule has 4 nitrogen and oxygen atoms in total. The first-order valence-electron chi connectivity index (χ1n) is 8.16. The number of carbonyl (C=O) groups is 1. The van der Waals surface area contributed by atoms with Crippen LogP contribution in [0.2, 0.25) is 0 Å². The Balaban J connectivity index is 1.45. The number of hydrogen-bond donors (Lipinski definition) is 1. The number of hydrogen-bond acceptors (Lipinski definition) is 3. The van der Waals surface area contributed by atoms with E-state index in [4.69, 9.17) is 9.47 Å². The van der Waals surface area contributed by atoms with E-state index in [1.165, 1.54) is 12.1 Å². The molecule has 0 heterocycles. The third-order valence-electron chi connectivity index (χ3n) is 3.58. The molecule has 0 aliphatic rings. The smallest absolute Gasteiger partial charge is 0.258 e. The van der Waals surface area contributed by atoms with Crippen LogP contribution in [0.25, 0.3) is 0 Å². The molecule has 0 bridgehead atoms. The van der Waals surface area contributed by atoms with Crippen LogP contribution >= 0.6 is 0 Å². The number of halogens is 1. The van der Waals surface area contributed by atoms with Gasteiger partial charge in [0.1, 0.15) is 23.1 Å². The van der Waals surface area contributed by atoms with Crippen molar-refractivity contribution in [2.45, 2.75) is 6.54 Å². The zero-order chi connectivity index (χ0) is 18.2. The first kappa shape index (κ1) is 17.5. The average molecular weight is 351 g/mol. The number of benzene rings is 3. The van der Waals surface area contributed by atoms with E-state index in [1.54, 1.807) is 36.4 Å². The van der Waals surface area contributed by atoms with Crippen molar-refractivity contribution in [1.29, 1.82) is 0 Å². The lowest BCUT2D eigenvalue weighted by atomic mass is 10.2. The van der Waals surface area contributed by atoms with Gasteiger partial charge in [-0.2, -0.15) is 0 Å². The summed E-state index contributed by atoms with van der Waals surface area (Å²) >= 11 is 0. The van der Waals surface area contributed by atoms with Crippen molar-refractivity contribution >= 4 is 5.91 Å². The Morgan fingerprint density at radius 3 is 2.08 bits per heavy atom. The molecule has 5 heteroatoms. The summed E-state index contributed by atoms with van der Waals surface area (Å²) in [6, 6.07) is 22.3. The Hall–Kier alpha value is -3.34. The van der Waals surface area contributed by atoms with Gasteiger partial charge in [-0.15, -0.1) is 0 Å². The van der Waals surface area contributed by atoms with Gasteiger partial charge in [0.25, 0.3) is 5.91 Å². The molecule has 3 aromatic carbocycles. The molecular weight excluding hydrogens is 333 g/mol. The van der Waals surface area contributed by atoms with Gasteiger partial charge in [-0.05, 0) is 54.1 Å². The van der Waals surface area contributed by atoms with E-state index in [1.807, 2.05) is 30.3 Å². The van der Waals surface area contributed by atoms with Gasteiger partial charge in [-0.25, -0.2) is 4.39 Å². The monoisotopic (exact) mass is 351 g/mol. The predicted octanol–water partition coefficient (Wildman–Crippen LogP) is 4.31. The highest BCUT2D eigenvalue weighted by atomic mass is 19.1.